The van der Waals surface area contributed by atoms with Gasteiger partial charge in [0.15, 0.2) is 0 Å². The third kappa shape index (κ3) is 3.20. The fourth-order valence-corrected chi connectivity index (χ4v) is 1.60. The van der Waals surface area contributed by atoms with Crippen molar-refractivity contribution in [2.45, 2.75) is 0 Å². The molecule has 4 nitrogen and oxygen atoms in total. The molecular weight excluding hydrogens is 271 g/mol. The molecule has 1 aromatic heterocycles. The maximum Gasteiger partial charge on any atom is 0.257 e. The summed E-state index contributed by atoms with van der Waals surface area (Å²) in [5.74, 6) is -0.504. The summed E-state index contributed by atoms with van der Waals surface area (Å²) in [4.78, 5) is 15.3. The Morgan fingerprint density at radius 2 is 2.16 bits per heavy atom. The average Bonchev–Trinajstić information content (AvgIpc) is 2.42. The predicted molar refractivity (Wildman–Crippen MR) is 70.2 cm³/mol. The zero-order valence-corrected chi connectivity index (χ0v) is 10.7. The van der Waals surface area contributed by atoms with Crippen molar-refractivity contribution in [2.75, 3.05) is 12.4 Å². The number of nitrogens with one attached hydrogen (secondary N) is 1. The molecule has 0 saturated heterocycles. The normalized spacial score (nSPS) is 10.1. The first kappa shape index (κ1) is 13.3. The van der Waals surface area contributed by atoms with Gasteiger partial charge in [-0.15, -0.1) is 0 Å². The Labute approximate surface area is 114 Å². The lowest BCUT2D eigenvalue weighted by Crippen LogP contribution is -2.12. The van der Waals surface area contributed by atoms with E-state index in [1.54, 1.807) is 18.2 Å². The van der Waals surface area contributed by atoms with E-state index in [0.717, 1.165) is 12.3 Å². The molecule has 1 N–H and O–H groups in total. The molecule has 0 unspecified atom stereocenters. The van der Waals surface area contributed by atoms with E-state index in [1.165, 1.54) is 13.2 Å². The predicted octanol–water partition coefficient (Wildman–Crippen LogP) is 3.14. The first-order chi connectivity index (χ1) is 9.10. The van der Waals surface area contributed by atoms with E-state index in [9.17, 15) is 9.18 Å². The summed E-state index contributed by atoms with van der Waals surface area (Å²) in [6.45, 7) is 0. The minimum absolute atomic E-state index is 0.236. The number of aromatic nitrogens is 1. The molecule has 0 aliphatic rings. The number of rotatable bonds is 3. The summed E-state index contributed by atoms with van der Waals surface area (Å²) < 4.78 is 17.7. The van der Waals surface area contributed by atoms with Gasteiger partial charge < -0.3 is 10.1 Å². The van der Waals surface area contributed by atoms with Gasteiger partial charge in [0.25, 0.3) is 5.91 Å². The number of hydrogen-bond donors (Lipinski definition) is 1. The van der Waals surface area contributed by atoms with Gasteiger partial charge in [0.1, 0.15) is 5.75 Å². The second kappa shape index (κ2) is 5.67. The minimum Gasteiger partial charge on any atom is -0.497 e. The average molecular weight is 281 g/mol. The highest BCUT2D eigenvalue weighted by molar-refractivity contribution is 6.34. The standard InChI is InChI=1S/C13H10ClFN2O2/c1-19-9-3-4-10(14)11(6-9)17-13(18)8-2-5-12(15)16-7-8/h2-7H,1H3,(H,17,18). The summed E-state index contributed by atoms with van der Waals surface area (Å²) in [7, 11) is 1.51. The molecule has 0 aliphatic heterocycles. The first-order valence-corrected chi connectivity index (χ1v) is 5.74. The lowest BCUT2D eigenvalue weighted by molar-refractivity contribution is 0.102. The molecule has 0 bridgehead atoms. The third-order valence-corrected chi connectivity index (χ3v) is 2.74. The molecule has 19 heavy (non-hydrogen) atoms. The van der Waals surface area contributed by atoms with Gasteiger partial charge in [-0.25, -0.2) is 4.98 Å². The van der Waals surface area contributed by atoms with Crippen LogP contribution in [-0.4, -0.2) is 18.0 Å². The van der Waals surface area contributed by atoms with Crippen LogP contribution in [0.15, 0.2) is 36.5 Å². The molecule has 0 radical (unpaired) electrons. The number of halogens is 2. The van der Waals surface area contributed by atoms with Gasteiger partial charge in [-0.3, -0.25) is 4.79 Å². The maximum atomic E-state index is 12.7. The number of pyridine rings is 1. The molecule has 0 fully saturated rings. The molecule has 0 atom stereocenters. The highest BCUT2D eigenvalue weighted by Crippen LogP contribution is 2.27. The first-order valence-electron chi connectivity index (χ1n) is 5.36. The Morgan fingerprint density at radius 1 is 1.37 bits per heavy atom. The number of amides is 1. The number of carbonyl (C=O) groups excluding carboxylic acids is 1. The number of methoxy groups -OCH3 is 1. The van der Waals surface area contributed by atoms with Crippen molar-refractivity contribution in [2.24, 2.45) is 0 Å². The van der Waals surface area contributed by atoms with Gasteiger partial charge in [-0.1, -0.05) is 11.6 Å². The van der Waals surface area contributed by atoms with Crippen LogP contribution < -0.4 is 10.1 Å². The van der Waals surface area contributed by atoms with Crippen molar-refractivity contribution in [3.8, 4) is 5.75 Å². The van der Waals surface area contributed by atoms with Gasteiger partial charge in [0.2, 0.25) is 5.95 Å². The quantitative estimate of drug-likeness (QED) is 0.879. The second-order valence-corrected chi connectivity index (χ2v) is 4.08. The SMILES string of the molecule is COc1ccc(Cl)c(NC(=O)c2ccc(F)nc2)c1. The Kier molecular flexibility index (Phi) is 3.97. The van der Waals surface area contributed by atoms with E-state index in [0.29, 0.717) is 16.5 Å². The zero-order chi connectivity index (χ0) is 13.8. The van der Waals surface area contributed by atoms with Gasteiger partial charge in [0.05, 0.1) is 23.4 Å². The van der Waals surface area contributed by atoms with Crippen LogP contribution in [0, 0.1) is 5.95 Å². The Morgan fingerprint density at radius 3 is 2.79 bits per heavy atom. The molecule has 1 amide bonds. The van der Waals surface area contributed by atoms with Crippen LogP contribution in [0.25, 0.3) is 0 Å². The number of carbonyl (C=O) groups is 1. The summed E-state index contributed by atoms with van der Waals surface area (Å²) in [6, 6.07) is 7.33. The molecule has 6 heteroatoms. The van der Waals surface area contributed by atoms with Crippen LogP contribution in [0.4, 0.5) is 10.1 Å². The van der Waals surface area contributed by atoms with Crippen LogP contribution in [0.1, 0.15) is 10.4 Å². The van der Waals surface area contributed by atoms with Crippen molar-refractivity contribution >= 4 is 23.2 Å². The Hall–Kier alpha value is -2.14. The highest BCUT2D eigenvalue weighted by atomic mass is 35.5. The smallest absolute Gasteiger partial charge is 0.257 e. The van der Waals surface area contributed by atoms with Gasteiger partial charge in [0, 0.05) is 12.3 Å². The van der Waals surface area contributed by atoms with Gasteiger partial charge in [-0.05, 0) is 24.3 Å². The van der Waals surface area contributed by atoms with Gasteiger partial charge in [-0.2, -0.15) is 4.39 Å². The summed E-state index contributed by atoms with van der Waals surface area (Å²) >= 11 is 5.96. The van der Waals surface area contributed by atoms with Crippen LogP contribution in [0.5, 0.6) is 5.75 Å². The number of ether oxygens (including phenoxy) is 1. The second-order valence-electron chi connectivity index (χ2n) is 3.67. The highest BCUT2D eigenvalue weighted by Gasteiger charge is 2.10. The molecule has 1 aromatic carbocycles. The molecule has 1 heterocycles. The van der Waals surface area contributed by atoms with Crippen LogP contribution >= 0.6 is 11.6 Å². The van der Waals surface area contributed by atoms with E-state index in [-0.39, 0.29) is 5.56 Å². The number of hydrogen-bond acceptors (Lipinski definition) is 3. The number of benzene rings is 1. The van der Waals surface area contributed by atoms with Crippen molar-refractivity contribution in [1.82, 2.24) is 4.98 Å². The lowest BCUT2D eigenvalue weighted by atomic mass is 10.2. The maximum absolute atomic E-state index is 12.7. The third-order valence-electron chi connectivity index (χ3n) is 2.41. The zero-order valence-electron chi connectivity index (χ0n) is 9.98. The van der Waals surface area contributed by atoms with E-state index >= 15 is 0 Å². The Balaban J connectivity index is 2.21. The van der Waals surface area contributed by atoms with Crippen LogP contribution in [0.3, 0.4) is 0 Å². The van der Waals surface area contributed by atoms with Crippen LogP contribution in [-0.2, 0) is 0 Å². The van der Waals surface area contributed by atoms with E-state index < -0.39 is 11.9 Å². The molecule has 2 aromatic rings. The van der Waals surface area contributed by atoms with Crippen molar-refractivity contribution in [3.05, 3.63) is 53.1 Å². The van der Waals surface area contributed by atoms with Crippen molar-refractivity contribution in [1.29, 1.82) is 0 Å². The largest absolute Gasteiger partial charge is 0.497 e. The lowest BCUT2D eigenvalue weighted by Gasteiger charge is -2.08. The van der Waals surface area contributed by atoms with E-state index in [2.05, 4.69) is 10.3 Å². The molecular formula is C13H10ClFN2O2. The minimum atomic E-state index is -0.643. The fourth-order valence-electron chi connectivity index (χ4n) is 1.43. The monoisotopic (exact) mass is 280 g/mol. The van der Waals surface area contributed by atoms with Crippen LogP contribution in [0.2, 0.25) is 5.02 Å². The fraction of sp³-hybridized carbons (Fsp3) is 0.0769. The topological polar surface area (TPSA) is 51.2 Å². The number of anilines is 1. The molecule has 0 saturated carbocycles. The molecule has 2 rings (SSSR count). The molecule has 98 valence electrons. The summed E-state index contributed by atoms with van der Waals surface area (Å²) in [6.07, 6.45) is 1.15. The summed E-state index contributed by atoms with van der Waals surface area (Å²) in [5, 5.41) is 2.99. The summed E-state index contributed by atoms with van der Waals surface area (Å²) in [5.41, 5.74) is 0.649. The van der Waals surface area contributed by atoms with E-state index in [4.69, 9.17) is 16.3 Å². The Bertz CT molecular complexity index is 602. The molecule has 0 aliphatic carbocycles. The molecule has 0 spiro atoms. The van der Waals surface area contributed by atoms with Crippen molar-refractivity contribution < 1.29 is 13.9 Å². The number of nitrogens with zero attached hydrogens (tertiary/aromatic N) is 1. The van der Waals surface area contributed by atoms with E-state index in [1.807, 2.05) is 0 Å². The van der Waals surface area contributed by atoms with Gasteiger partial charge >= 0.3 is 0 Å². The van der Waals surface area contributed by atoms with Crippen molar-refractivity contribution in [3.63, 3.8) is 0 Å².